The van der Waals surface area contributed by atoms with Gasteiger partial charge in [0.25, 0.3) is 6.43 Å². The maximum Gasteiger partial charge on any atom is 0.259 e. The van der Waals surface area contributed by atoms with Gasteiger partial charge in [0.1, 0.15) is 6.54 Å². The lowest BCUT2D eigenvalue weighted by molar-refractivity contribution is 0.115. The molecule has 0 saturated heterocycles. The van der Waals surface area contributed by atoms with Crippen LogP contribution in [0.4, 0.5) is 8.78 Å². The van der Waals surface area contributed by atoms with Crippen LogP contribution in [-0.4, -0.2) is 21.4 Å². The second kappa shape index (κ2) is 3.60. The second-order valence-electron chi connectivity index (χ2n) is 2.87. The summed E-state index contributed by atoms with van der Waals surface area (Å²) in [7, 11) is 0. The van der Waals surface area contributed by atoms with Crippen LogP contribution in [0.1, 0.15) is 25.5 Å². The molecule has 0 bridgehead atoms. The highest BCUT2D eigenvalue weighted by Crippen LogP contribution is 2.08. The molecule has 0 fully saturated rings. The summed E-state index contributed by atoms with van der Waals surface area (Å²) in [6.45, 7) is 3.46. The van der Waals surface area contributed by atoms with Crippen molar-refractivity contribution in [1.29, 1.82) is 0 Å². The van der Waals surface area contributed by atoms with Gasteiger partial charge in [0.2, 0.25) is 0 Å². The lowest BCUT2D eigenvalue weighted by atomic mass is 10.2. The summed E-state index contributed by atoms with van der Waals surface area (Å²) in [5.41, 5.74) is 0.746. The first-order valence-corrected chi connectivity index (χ1v) is 3.77. The zero-order valence-electron chi connectivity index (χ0n) is 7.04. The molecule has 1 heterocycles. The van der Waals surface area contributed by atoms with E-state index in [0.717, 1.165) is 10.5 Å². The molecule has 0 saturated carbocycles. The zero-order chi connectivity index (χ0) is 9.14. The van der Waals surface area contributed by atoms with Gasteiger partial charge in [-0.2, -0.15) is 15.0 Å². The van der Waals surface area contributed by atoms with Crippen LogP contribution in [0.3, 0.4) is 0 Å². The highest BCUT2D eigenvalue weighted by Gasteiger charge is 2.08. The fraction of sp³-hybridized carbons (Fsp3) is 0.714. The average Bonchev–Trinajstić information content (AvgIpc) is 2.34. The normalized spacial score (nSPS) is 11.5. The molecule has 0 aromatic carbocycles. The zero-order valence-corrected chi connectivity index (χ0v) is 7.04. The number of aromatic nitrogens is 3. The standard InChI is InChI=1S/C7H11F2N3/c1-5(2)6-3-10-12(11-6)4-7(8)9/h3,5,7H,4H2,1-2H3. The first-order valence-electron chi connectivity index (χ1n) is 3.77. The smallest absolute Gasteiger partial charge is 0.208 e. The quantitative estimate of drug-likeness (QED) is 0.699. The molecule has 0 aliphatic heterocycles. The van der Waals surface area contributed by atoms with Crippen molar-refractivity contribution in [3.8, 4) is 0 Å². The van der Waals surface area contributed by atoms with E-state index in [9.17, 15) is 8.78 Å². The molecule has 0 aliphatic carbocycles. The lowest BCUT2D eigenvalue weighted by Gasteiger charge is -1.98. The minimum atomic E-state index is -2.39. The van der Waals surface area contributed by atoms with Crippen LogP contribution in [0.5, 0.6) is 0 Å². The van der Waals surface area contributed by atoms with Crippen molar-refractivity contribution in [2.24, 2.45) is 0 Å². The molecule has 3 nitrogen and oxygen atoms in total. The molecule has 0 amide bonds. The van der Waals surface area contributed by atoms with Crippen LogP contribution in [0.15, 0.2) is 6.20 Å². The van der Waals surface area contributed by atoms with E-state index in [1.54, 1.807) is 0 Å². The molecule has 1 aromatic heterocycles. The Labute approximate surface area is 69.4 Å². The molecular weight excluding hydrogens is 164 g/mol. The van der Waals surface area contributed by atoms with Crippen LogP contribution in [0.2, 0.25) is 0 Å². The van der Waals surface area contributed by atoms with Gasteiger partial charge in [0.05, 0.1) is 11.9 Å². The number of halogens is 2. The van der Waals surface area contributed by atoms with Crippen LogP contribution in [0.25, 0.3) is 0 Å². The van der Waals surface area contributed by atoms with E-state index in [2.05, 4.69) is 10.2 Å². The van der Waals surface area contributed by atoms with Gasteiger partial charge >= 0.3 is 0 Å². The fourth-order valence-electron chi connectivity index (χ4n) is 0.787. The SMILES string of the molecule is CC(C)c1cnn(CC(F)F)n1. The maximum atomic E-state index is 11.8. The van der Waals surface area contributed by atoms with E-state index in [4.69, 9.17) is 0 Å². The van der Waals surface area contributed by atoms with Gasteiger partial charge in [0.15, 0.2) is 0 Å². The van der Waals surface area contributed by atoms with Crippen LogP contribution >= 0.6 is 0 Å². The maximum absolute atomic E-state index is 11.8. The van der Waals surface area contributed by atoms with Gasteiger partial charge in [-0.1, -0.05) is 13.8 Å². The van der Waals surface area contributed by atoms with E-state index in [0.29, 0.717) is 0 Å². The van der Waals surface area contributed by atoms with E-state index in [-0.39, 0.29) is 5.92 Å². The number of hydrogen-bond acceptors (Lipinski definition) is 2. The van der Waals surface area contributed by atoms with E-state index < -0.39 is 13.0 Å². The highest BCUT2D eigenvalue weighted by molar-refractivity contribution is 4.97. The highest BCUT2D eigenvalue weighted by atomic mass is 19.3. The van der Waals surface area contributed by atoms with Gasteiger partial charge < -0.3 is 0 Å². The van der Waals surface area contributed by atoms with Crippen LogP contribution in [-0.2, 0) is 6.54 Å². The Morgan fingerprint density at radius 3 is 2.58 bits per heavy atom. The molecule has 0 spiro atoms. The molecule has 12 heavy (non-hydrogen) atoms. The first kappa shape index (κ1) is 9.09. The minimum absolute atomic E-state index is 0.233. The summed E-state index contributed by atoms with van der Waals surface area (Å²) in [5.74, 6) is 0.233. The Bertz CT molecular complexity index is 245. The monoisotopic (exact) mass is 175 g/mol. The third-order valence-corrected chi connectivity index (χ3v) is 1.45. The molecule has 0 N–H and O–H groups in total. The third-order valence-electron chi connectivity index (χ3n) is 1.45. The summed E-state index contributed by atoms with van der Waals surface area (Å²) in [6, 6.07) is 0. The molecule has 5 heteroatoms. The number of hydrogen-bond donors (Lipinski definition) is 0. The van der Waals surface area contributed by atoms with Gasteiger partial charge in [-0.15, -0.1) is 0 Å². The van der Waals surface area contributed by atoms with Crippen molar-refractivity contribution in [2.45, 2.75) is 32.7 Å². The van der Waals surface area contributed by atoms with Crippen molar-refractivity contribution in [3.63, 3.8) is 0 Å². The number of nitrogens with zero attached hydrogens (tertiary/aromatic N) is 3. The van der Waals surface area contributed by atoms with Gasteiger partial charge in [-0.25, -0.2) is 8.78 Å². The van der Waals surface area contributed by atoms with Crippen molar-refractivity contribution < 1.29 is 8.78 Å². The number of alkyl halides is 2. The Kier molecular flexibility index (Phi) is 2.73. The predicted molar refractivity (Wildman–Crippen MR) is 40.1 cm³/mol. The summed E-state index contributed by atoms with van der Waals surface area (Å²) in [4.78, 5) is 1.03. The molecule has 0 unspecified atom stereocenters. The van der Waals surface area contributed by atoms with E-state index in [1.807, 2.05) is 13.8 Å². The van der Waals surface area contributed by atoms with E-state index in [1.165, 1.54) is 6.20 Å². The minimum Gasteiger partial charge on any atom is -0.208 e. The van der Waals surface area contributed by atoms with Crippen molar-refractivity contribution in [2.75, 3.05) is 0 Å². The van der Waals surface area contributed by atoms with Crippen molar-refractivity contribution in [3.05, 3.63) is 11.9 Å². The molecule has 1 aromatic rings. The fourth-order valence-corrected chi connectivity index (χ4v) is 0.787. The Hall–Kier alpha value is -1.00. The topological polar surface area (TPSA) is 30.7 Å². The Balaban J connectivity index is 2.64. The summed E-state index contributed by atoms with van der Waals surface area (Å²) >= 11 is 0. The third kappa shape index (κ3) is 2.25. The molecule has 1 rings (SSSR count). The molecule has 0 aliphatic rings. The first-order chi connectivity index (χ1) is 5.59. The van der Waals surface area contributed by atoms with Crippen LogP contribution < -0.4 is 0 Å². The Morgan fingerprint density at radius 1 is 1.50 bits per heavy atom. The van der Waals surface area contributed by atoms with Gasteiger partial charge in [-0.05, 0) is 5.92 Å². The average molecular weight is 175 g/mol. The molecule has 0 radical (unpaired) electrons. The largest absolute Gasteiger partial charge is 0.259 e. The lowest BCUT2D eigenvalue weighted by Crippen LogP contribution is -2.09. The Morgan fingerprint density at radius 2 is 2.17 bits per heavy atom. The summed E-state index contributed by atoms with van der Waals surface area (Å²) < 4.78 is 23.7. The van der Waals surface area contributed by atoms with Gasteiger partial charge in [0, 0.05) is 0 Å². The molecule has 68 valence electrons. The molecule has 0 atom stereocenters. The summed E-state index contributed by atoms with van der Waals surface area (Å²) in [6.07, 6.45) is -0.870. The van der Waals surface area contributed by atoms with Crippen molar-refractivity contribution >= 4 is 0 Å². The van der Waals surface area contributed by atoms with E-state index >= 15 is 0 Å². The van der Waals surface area contributed by atoms with Crippen molar-refractivity contribution in [1.82, 2.24) is 15.0 Å². The number of rotatable bonds is 3. The summed E-state index contributed by atoms with van der Waals surface area (Å²) in [5, 5.41) is 7.58. The predicted octanol–water partition coefficient (Wildman–Crippen LogP) is 1.67. The van der Waals surface area contributed by atoms with Crippen LogP contribution in [0, 0.1) is 0 Å². The van der Waals surface area contributed by atoms with Gasteiger partial charge in [-0.3, -0.25) is 0 Å². The molecular formula is C7H11F2N3. The second-order valence-corrected chi connectivity index (χ2v) is 2.87.